The molecule has 1 aliphatic heterocycles. The number of ketones is 1. The number of ether oxygens (including phenoxy) is 2. The molecule has 0 saturated carbocycles. The van der Waals surface area contributed by atoms with Crippen LogP contribution in [0.2, 0.25) is 0 Å². The van der Waals surface area contributed by atoms with E-state index in [0.29, 0.717) is 11.1 Å². The number of aryl methyl sites for hydroxylation is 2. The first-order chi connectivity index (χ1) is 12.0. The molecular formula is C21H20O4. The fourth-order valence-electron chi connectivity index (χ4n) is 2.65. The Hall–Kier alpha value is -2.88. The molecular weight excluding hydrogens is 316 g/mol. The van der Waals surface area contributed by atoms with E-state index in [1.54, 1.807) is 19.1 Å². The molecule has 0 unspecified atom stereocenters. The van der Waals surface area contributed by atoms with E-state index in [-0.39, 0.29) is 12.4 Å². The van der Waals surface area contributed by atoms with Gasteiger partial charge in [-0.2, -0.15) is 0 Å². The lowest BCUT2D eigenvalue weighted by molar-refractivity contribution is -0.141. The van der Waals surface area contributed by atoms with Crippen LogP contribution in [0.15, 0.2) is 48.0 Å². The van der Waals surface area contributed by atoms with Crippen LogP contribution < -0.4 is 4.74 Å². The molecule has 0 aliphatic carbocycles. The Kier molecular flexibility index (Phi) is 4.70. The van der Waals surface area contributed by atoms with E-state index in [9.17, 15) is 9.59 Å². The largest absolute Gasteiger partial charge is 0.488 e. The van der Waals surface area contributed by atoms with Gasteiger partial charge in [0, 0.05) is 11.1 Å². The van der Waals surface area contributed by atoms with Gasteiger partial charge in [0.1, 0.15) is 12.4 Å². The SMILES string of the molecule is Cc1ccc(C(=O)[C@H](C)OC(=O)C2=Cc3ccccc3OC2)cc1C. The minimum atomic E-state index is -0.854. The molecule has 1 aliphatic rings. The minimum absolute atomic E-state index is 0.139. The first-order valence-corrected chi connectivity index (χ1v) is 8.20. The van der Waals surface area contributed by atoms with E-state index < -0.39 is 12.1 Å². The molecule has 1 atom stereocenters. The fourth-order valence-corrected chi connectivity index (χ4v) is 2.65. The maximum atomic E-state index is 12.5. The standard InChI is InChI=1S/C21H20O4/c1-13-8-9-17(10-14(13)2)20(22)15(3)25-21(23)18-11-16-6-4-5-7-19(16)24-12-18/h4-11,15H,12H2,1-3H3/t15-/m0/s1. The number of esters is 1. The third-order valence-corrected chi connectivity index (χ3v) is 4.34. The van der Waals surface area contributed by atoms with Crippen molar-refractivity contribution in [1.29, 1.82) is 0 Å². The number of fused-ring (bicyclic) bond motifs is 1. The van der Waals surface area contributed by atoms with Gasteiger partial charge in [-0.1, -0.05) is 30.3 Å². The van der Waals surface area contributed by atoms with Crippen LogP contribution in [0.5, 0.6) is 5.75 Å². The Morgan fingerprint density at radius 2 is 1.84 bits per heavy atom. The number of hydrogen-bond donors (Lipinski definition) is 0. The van der Waals surface area contributed by atoms with Crippen molar-refractivity contribution in [3.63, 3.8) is 0 Å². The second-order valence-electron chi connectivity index (χ2n) is 6.21. The van der Waals surface area contributed by atoms with Crippen molar-refractivity contribution in [1.82, 2.24) is 0 Å². The lowest BCUT2D eigenvalue weighted by Gasteiger charge is -2.19. The molecule has 0 amide bonds. The van der Waals surface area contributed by atoms with E-state index in [1.807, 2.05) is 50.2 Å². The Morgan fingerprint density at radius 3 is 2.60 bits per heavy atom. The van der Waals surface area contributed by atoms with Crippen molar-refractivity contribution >= 4 is 17.8 Å². The molecule has 0 spiro atoms. The first kappa shape index (κ1) is 17.0. The maximum Gasteiger partial charge on any atom is 0.338 e. The van der Waals surface area contributed by atoms with E-state index >= 15 is 0 Å². The summed E-state index contributed by atoms with van der Waals surface area (Å²) in [5, 5.41) is 0. The van der Waals surface area contributed by atoms with Crippen molar-refractivity contribution < 1.29 is 19.1 Å². The number of carbonyl (C=O) groups is 2. The summed E-state index contributed by atoms with van der Waals surface area (Å²) < 4.78 is 10.9. The van der Waals surface area contributed by atoms with E-state index in [1.165, 1.54) is 0 Å². The molecule has 4 nitrogen and oxygen atoms in total. The third kappa shape index (κ3) is 3.63. The van der Waals surface area contributed by atoms with Gasteiger partial charge in [-0.05, 0) is 50.1 Å². The van der Waals surface area contributed by atoms with Gasteiger partial charge >= 0.3 is 5.97 Å². The van der Waals surface area contributed by atoms with Crippen molar-refractivity contribution in [3.05, 3.63) is 70.3 Å². The average molecular weight is 336 g/mol. The van der Waals surface area contributed by atoms with E-state index in [2.05, 4.69) is 0 Å². The van der Waals surface area contributed by atoms with Crippen molar-refractivity contribution in [2.45, 2.75) is 26.9 Å². The summed E-state index contributed by atoms with van der Waals surface area (Å²) in [5.74, 6) is -0.00771. The van der Waals surface area contributed by atoms with Crippen LogP contribution in [0, 0.1) is 13.8 Å². The summed E-state index contributed by atoms with van der Waals surface area (Å²) in [6.07, 6.45) is 0.890. The summed E-state index contributed by atoms with van der Waals surface area (Å²) in [6, 6.07) is 12.9. The number of para-hydroxylation sites is 1. The highest BCUT2D eigenvalue weighted by Crippen LogP contribution is 2.26. The molecule has 0 aromatic heterocycles. The molecule has 0 radical (unpaired) electrons. The number of Topliss-reactive ketones (excluding diaryl/α,β-unsaturated/α-hetero) is 1. The molecule has 1 heterocycles. The van der Waals surface area contributed by atoms with Gasteiger partial charge in [0.15, 0.2) is 6.10 Å². The zero-order valence-electron chi connectivity index (χ0n) is 14.5. The van der Waals surface area contributed by atoms with Gasteiger partial charge in [0.2, 0.25) is 5.78 Å². The zero-order valence-corrected chi connectivity index (χ0v) is 14.5. The van der Waals surface area contributed by atoms with Crippen LogP contribution in [0.1, 0.15) is 34.0 Å². The fraction of sp³-hybridized carbons (Fsp3) is 0.238. The summed E-state index contributed by atoms with van der Waals surface area (Å²) in [7, 11) is 0. The van der Waals surface area contributed by atoms with Crippen LogP contribution in [0.3, 0.4) is 0 Å². The van der Waals surface area contributed by atoms with Crippen LogP contribution in [0.4, 0.5) is 0 Å². The summed E-state index contributed by atoms with van der Waals surface area (Å²) in [4.78, 5) is 24.8. The second kappa shape index (κ2) is 6.93. The molecule has 4 heteroatoms. The Balaban J connectivity index is 1.71. The maximum absolute atomic E-state index is 12.5. The third-order valence-electron chi connectivity index (χ3n) is 4.34. The molecule has 0 fully saturated rings. The van der Waals surface area contributed by atoms with Crippen molar-refractivity contribution in [2.75, 3.05) is 6.61 Å². The highest BCUT2D eigenvalue weighted by molar-refractivity contribution is 6.02. The number of carbonyl (C=O) groups excluding carboxylic acids is 2. The number of rotatable bonds is 4. The van der Waals surface area contributed by atoms with E-state index in [0.717, 1.165) is 22.4 Å². The number of benzene rings is 2. The Bertz CT molecular complexity index is 864. The highest BCUT2D eigenvalue weighted by Gasteiger charge is 2.24. The molecule has 2 aromatic rings. The van der Waals surface area contributed by atoms with Crippen LogP contribution in [0.25, 0.3) is 6.08 Å². The van der Waals surface area contributed by atoms with Gasteiger partial charge in [-0.3, -0.25) is 4.79 Å². The quantitative estimate of drug-likeness (QED) is 0.628. The molecule has 0 bridgehead atoms. The van der Waals surface area contributed by atoms with Gasteiger partial charge in [0.05, 0.1) is 5.57 Å². The van der Waals surface area contributed by atoms with Crippen molar-refractivity contribution in [2.24, 2.45) is 0 Å². The molecule has 3 rings (SSSR count). The van der Waals surface area contributed by atoms with Crippen LogP contribution in [-0.2, 0) is 9.53 Å². The lowest BCUT2D eigenvalue weighted by atomic mass is 10.0. The smallest absolute Gasteiger partial charge is 0.338 e. The minimum Gasteiger partial charge on any atom is -0.488 e. The molecule has 0 saturated heterocycles. The zero-order chi connectivity index (χ0) is 18.0. The predicted molar refractivity (Wildman–Crippen MR) is 95.7 cm³/mol. The second-order valence-corrected chi connectivity index (χ2v) is 6.21. The first-order valence-electron chi connectivity index (χ1n) is 8.20. The Labute approximate surface area is 147 Å². The highest BCUT2D eigenvalue weighted by atomic mass is 16.5. The van der Waals surface area contributed by atoms with Crippen molar-refractivity contribution in [3.8, 4) is 5.75 Å². The van der Waals surface area contributed by atoms with Crippen LogP contribution >= 0.6 is 0 Å². The Morgan fingerprint density at radius 1 is 1.08 bits per heavy atom. The average Bonchev–Trinajstić information content (AvgIpc) is 2.62. The summed E-state index contributed by atoms with van der Waals surface area (Å²) >= 11 is 0. The number of hydrogen-bond acceptors (Lipinski definition) is 4. The summed E-state index contributed by atoms with van der Waals surface area (Å²) in [6.45, 7) is 5.67. The van der Waals surface area contributed by atoms with Crippen LogP contribution in [-0.4, -0.2) is 24.5 Å². The van der Waals surface area contributed by atoms with Gasteiger partial charge in [0.25, 0.3) is 0 Å². The molecule has 128 valence electrons. The van der Waals surface area contributed by atoms with Gasteiger partial charge in [-0.15, -0.1) is 0 Å². The van der Waals surface area contributed by atoms with Gasteiger partial charge in [-0.25, -0.2) is 4.79 Å². The normalized spacial score (nSPS) is 14.0. The summed E-state index contributed by atoms with van der Waals surface area (Å²) in [5.41, 5.74) is 3.92. The molecule has 0 N–H and O–H groups in total. The molecule has 25 heavy (non-hydrogen) atoms. The monoisotopic (exact) mass is 336 g/mol. The molecule has 2 aromatic carbocycles. The van der Waals surface area contributed by atoms with E-state index in [4.69, 9.17) is 9.47 Å². The predicted octanol–water partition coefficient (Wildman–Crippen LogP) is 3.89. The topological polar surface area (TPSA) is 52.6 Å². The van der Waals surface area contributed by atoms with Gasteiger partial charge < -0.3 is 9.47 Å². The lowest BCUT2D eigenvalue weighted by Crippen LogP contribution is -2.27.